The van der Waals surface area contributed by atoms with E-state index in [4.69, 9.17) is 4.74 Å². The second-order valence-corrected chi connectivity index (χ2v) is 5.79. The number of piperidine rings is 1. The van der Waals surface area contributed by atoms with Crippen LogP contribution in [-0.4, -0.2) is 44.2 Å². The number of hydrogen-bond acceptors (Lipinski definition) is 3. The SMILES string of the molecule is CCCN(CCOc1ccccc1F)CC1CCCNC1. The third-order valence-corrected chi connectivity index (χ3v) is 3.96. The molecule has 1 heterocycles. The van der Waals surface area contributed by atoms with Crippen molar-refractivity contribution in [3.8, 4) is 5.75 Å². The molecule has 1 aliphatic heterocycles. The third kappa shape index (κ3) is 5.64. The molecule has 2 rings (SSSR count). The second-order valence-electron chi connectivity index (χ2n) is 5.79. The Hall–Kier alpha value is -1.13. The molecule has 1 saturated heterocycles. The van der Waals surface area contributed by atoms with Crippen molar-refractivity contribution in [1.82, 2.24) is 10.2 Å². The van der Waals surface area contributed by atoms with Crippen LogP contribution in [0.4, 0.5) is 4.39 Å². The molecule has 1 aromatic carbocycles. The maximum absolute atomic E-state index is 13.5. The zero-order valence-electron chi connectivity index (χ0n) is 13.0. The number of halogens is 1. The smallest absolute Gasteiger partial charge is 0.165 e. The van der Waals surface area contributed by atoms with E-state index in [0.717, 1.165) is 45.1 Å². The largest absolute Gasteiger partial charge is 0.489 e. The zero-order valence-corrected chi connectivity index (χ0v) is 13.0. The standard InChI is InChI=1S/C17H27FN2O/c1-2-10-20(14-15-6-5-9-19-13-15)11-12-21-17-8-4-3-7-16(17)18/h3-4,7-8,15,19H,2,5-6,9-14H2,1H3. The van der Waals surface area contributed by atoms with Crippen LogP contribution in [0.5, 0.6) is 5.75 Å². The van der Waals surface area contributed by atoms with Crippen LogP contribution in [-0.2, 0) is 0 Å². The predicted octanol–water partition coefficient (Wildman–Crippen LogP) is 2.92. The highest BCUT2D eigenvalue weighted by Crippen LogP contribution is 2.16. The summed E-state index contributed by atoms with van der Waals surface area (Å²) < 4.78 is 19.1. The van der Waals surface area contributed by atoms with Crippen molar-refractivity contribution >= 4 is 0 Å². The number of ether oxygens (including phenoxy) is 1. The normalized spacial score (nSPS) is 18.9. The monoisotopic (exact) mass is 294 g/mol. The molecule has 0 aliphatic carbocycles. The highest BCUT2D eigenvalue weighted by Gasteiger charge is 2.16. The van der Waals surface area contributed by atoms with Gasteiger partial charge in [0.25, 0.3) is 0 Å². The Bertz CT molecular complexity index is 408. The molecule has 1 aromatic rings. The van der Waals surface area contributed by atoms with Gasteiger partial charge in [0.05, 0.1) is 0 Å². The number of para-hydroxylation sites is 1. The van der Waals surface area contributed by atoms with Crippen molar-refractivity contribution in [1.29, 1.82) is 0 Å². The predicted molar refractivity (Wildman–Crippen MR) is 84.2 cm³/mol. The topological polar surface area (TPSA) is 24.5 Å². The fourth-order valence-corrected chi connectivity index (χ4v) is 2.90. The number of nitrogens with one attached hydrogen (secondary N) is 1. The van der Waals surface area contributed by atoms with E-state index in [9.17, 15) is 4.39 Å². The van der Waals surface area contributed by atoms with Crippen molar-refractivity contribution in [2.24, 2.45) is 5.92 Å². The van der Waals surface area contributed by atoms with Crippen LogP contribution in [0.25, 0.3) is 0 Å². The van der Waals surface area contributed by atoms with Crippen LogP contribution >= 0.6 is 0 Å². The molecule has 1 aliphatic rings. The molecule has 3 nitrogen and oxygen atoms in total. The molecule has 0 amide bonds. The average Bonchev–Trinajstić information content (AvgIpc) is 2.50. The maximum Gasteiger partial charge on any atom is 0.165 e. The summed E-state index contributed by atoms with van der Waals surface area (Å²) in [6, 6.07) is 6.61. The molecule has 1 N–H and O–H groups in total. The minimum atomic E-state index is -0.281. The van der Waals surface area contributed by atoms with Gasteiger partial charge in [0.15, 0.2) is 11.6 Å². The highest BCUT2D eigenvalue weighted by atomic mass is 19.1. The van der Waals surface area contributed by atoms with Gasteiger partial charge in [-0.15, -0.1) is 0 Å². The fourth-order valence-electron chi connectivity index (χ4n) is 2.90. The lowest BCUT2D eigenvalue weighted by Crippen LogP contribution is -2.40. The molecule has 1 atom stereocenters. The molecule has 0 aromatic heterocycles. The van der Waals surface area contributed by atoms with Gasteiger partial charge in [0.2, 0.25) is 0 Å². The number of benzene rings is 1. The van der Waals surface area contributed by atoms with Gasteiger partial charge in [-0.05, 0) is 56.9 Å². The Balaban J connectivity index is 1.75. The van der Waals surface area contributed by atoms with Crippen molar-refractivity contribution in [2.45, 2.75) is 26.2 Å². The van der Waals surface area contributed by atoms with E-state index >= 15 is 0 Å². The summed E-state index contributed by atoms with van der Waals surface area (Å²) in [5.74, 6) is 0.808. The zero-order chi connectivity index (χ0) is 14.9. The van der Waals surface area contributed by atoms with Gasteiger partial charge in [-0.3, -0.25) is 4.90 Å². The van der Waals surface area contributed by atoms with E-state index in [1.54, 1.807) is 18.2 Å². The molecule has 118 valence electrons. The lowest BCUT2D eigenvalue weighted by molar-refractivity contribution is 0.171. The summed E-state index contributed by atoms with van der Waals surface area (Å²) in [7, 11) is 0. The summed E-state index contributed by atoms with van der Waals surface area (Å²) in [5.41, 5.74) is 0. The lowest BCUT2D eigenvalue weighted by atomic mass is 9.99. The Morgan fingerprint density at radius 3 is 2.90 bits per heavy atom. The van der Waals surface area contributed by atoms with E-state index in [2.05, 4.69) is 17.1 Å². The summed E-state index contributed by atoms with van der Waals surface area (Å²) in [6.45, 7) is 8.07. The molecule has 0 spiro atoms. The van der Waals surface area contributed by atoms with Crippen LogP contribution in [0, 0.1) is 11.7 Å². The van der Waals surface area contributed by atoms with Crippen LogP contribution < -0.4 is 10.1 Å². The molecular weight excluding hydrogens is 267 g/mol. The Morgan fingerprint density at radius 2 is 2.19 bits per heavy atom. The van der Waals surface area contributed by atoms with Crippen molar-refractivity contribution in [3.63, 3.8) is 0 Å². The Morgan fingerprint density at radius 1 is 1.33 bits per heavy atom. The van der Waals surface area contributed by atoms with Gasteiger partial charge < -0.3 is 10.1 Å². The van der Waals surface area contributed by atoms with Gasteiger partial charge in [-0.2, -0.15) is 0 Å². The van der Waals surface area contributed by atoms with E-state index in [1.165, 1.54) is 18.9 Å². The van der Waals surface area contributed by atoms with Crippen molar-refractivity contribution in [2.75, 3.05) is 39.3 Å². The second kappa shape index (κ2) is 9.00. The first kappa shape index (κ1) is 16.2. The summed E-state index contributed by atoms with van der Waals surface area (Å²) in [5, 5.41) is 3.46. The molecular formula is C17H27FN2O. The van der Waals surface area contributed by atoms with Crippen molar-refractivity contribution in [3.05, 3.63) is 30.1 Å². The summed E-state index contributed by atoms with van der Waals surface area (Å²) in [6.07, 6.45) is 3.72. The molecule has 1 fully saturated rings. The molecule has 4 heteroatoms. The van der Waals surface area contributed by atoms with Crippen LogP contribution in [0.1, 0.15) is 26.2 Å². The summed E-state index contributed by atoms with van der Waals surface area (Å²) in [4.78, 5) is 2.44. The molecule has 0 bridgehead atoms. The maximum atomic E-state index is 13.5. The van der Waals surface area contributed by atoms with Crippen LogP contribution in [0.2, 0.25) is 0 Å². The van der Waals surface area contributed by atoms with Gasteiger partial charge in [0.1, 0.15) is 6.61 Å². The quantitative estimate of drug-likeness (QED) is 0.798. The fraction of sp³-hybridized carbons (Fsp3) is 0.647. The highest BCUT2D eigenvalue weighted by molar-refractivity contribution is 5.23. The van der Waals surface area contributed by atoms with E-state index < -0.39 is 0 Å². The minimum absolute atomic E-state index is 0.281. The van der Waals surface area contributed by atoms with Gasteiger partial charge in [-0.25, -0.2) is 4.39 Å². The van der Waals surface area contributed by atoms with Gasteiger partial charge in [-0.1, -0.05) is 19.1 Å². The molecule has 21 heavy (non-hydrogen) atoms. The summed E-state index contributed by atoms with van der Waals surface area (Å²) >= 11 is 0. The number of hydrogen-bond donors (Lipinski definition) is 1. The molecule has 0 saturated carbocycles. The minimum Gasteiger partial charge on any atom is -0.489 e. The lowest BCUT2D eigenvalue weighted by Gasteiger charge is -2.29. The first-order valence-electron chi connectivity index (χ1n) is 8.10. The third-order valence-electron chi connectivity index (χ3n) is 3.96. The molecule has 1 unspecified atom stereocenters. The van der Waals surface area contributed by atoms with Crippen LogP contribution in [0.3, 0.4) is 0 Å². The van der Waals surface area contributed by atoms with Gasteiger partial charge >= 0.3 is 0 Å². The average molecular weight is 294 g/mol. The number of rotatable bonds is 8. The van der Waals surface area contributed by atoms with Gasteiger partial charge in [0, 0.05) is 13.1 Å². The van der Waals surface area contributed by atoms with E-state index in [-0.39, 0.29) is 5.82 Å². The molecule has 0 radical (unpaired) electrons. The van der Waals surface area contributed by atoms with E-state index in [0.29, 0.717) is 12.4 Å². The van der Waals surface area contributed by atoms with Crippen molar-refractivity contribution < 1.29 is 9.13 Å². The van der Waals surface area contributed by atoms with Crippen LogP contribution in [0.15, 0.2) is 24.3 Å². The number of nitrogens with zero attached hydrogens (tertiary/aromatic N) is 1. The first-order chi connectivity index (χ1) is 10.3. The Kier molecular flexibility index (Phi) is 6.96. The first-order valence-corrected chi connectivity index (χ1v) is 8.10. The van der Waals surface area contributed by atoms with E-state index in [1.807, 2.05) is 0 Å². The Labute approximate surface area is 127 Å².